The van der Waals surface area contributed by atoms with Gasteiger partial charge in [0.1, 0.15) is 36.3 Å². The number of halogens is 4. The molecule has 0 radical (unpaired) electrons. The zero-order chi connectivity index (χ0) is 64.7. The average molecular weight is 1220 g/mol. The van der Waals surface area contributed by atoms with Gasteiger partial charge in [0, 0.05) is 47.4 Å². The fourth-order valence-electron chi connectivity index (χ4n) is 11.1. The maximum Gasteiger partial charge on any atom is 0.408 e. The number of ether oxygens (including phenoxy) is 2. The number of phenols is 2. The van der Waals surface area contributed by atoms with Gasteiger partial charge in [0.25, 0.3) is 17.4 Å². The molecule has 1 aliphatic carbocycles. The van der Waals surface area contributed by atoms with E-state index in [0.29, 0.717) is 46.1 Å². The molecule has 1 atom stereocenters. The Hall–Kier alpha value is -8.70. The summed E-state index contributed by atoms with van der Waals surface area (Å²) in [7, 11) is 0. The Morgan fingerprint density at radius 1 is 0.864 bits per heavy atom. The number of phenolic OH excluding ortho intramolecular Hbond substituents is 2. The predicted octanol–water partition coefficient (Wildman–Crippen LogP) is 10.2. The van der Waals surface area contributed by atoms with E-state index in [1.54, 1.807) is 61.0 Å². The van der Waals surface area contributed by atoms with Crippen LogP contribution >= 0.6 is 0 Å². The van der Waals surface area contributed by atoms with Crippen LogP contribution in [0.3, 0.4) is 0 Å². The minimum Gasteiger partial charge on any atom is -0.508 e. The van der Waals surface area contributed by atoms with Gasteiger partial charge in [-0.05, 0) is 147 Å². The smallest absolute Gasteiger partial charge is 0.408 e. The molecule has 19 nitrogen and oxygen atoms in total. The fraction of sp³-hybridized carbons (Fsp3) is 0.415. The number of hydrogen-bond donors (Lipinski definition) is 8. The van der Waals surface area contributed by atoms with E-state index in [-0.39, 0.29) is 53.0 Å². The Labute approximate surface area is 507 Å². The van der Waals surface area contributed by atoms with Crippen molar-refractivity contribution in [3.05, 3.63) is 150 Å². The van der Waals surface area contributed by atoms with Crippen LogP contribution in [0.1, 0.15) is 148 Å². The van der Waals surface area contributed by atoms with E-state index in [0.717, 1.165) is 108 Å². The zero-order valence-corrected chi connectivity index (χ0v) is 50.9. The van der Waals surface area contributed by atoms with Crippen LogP contribution in [0.4, 0.5) is 28.0 Å². The summed E-state index contributed by atoms with van der Waals surface area (Å²) >= 11 is 0. The number of nitrogens with zero attached hydrogens (tertiary/aromatic N) is 4. The Morgan fingerprint density at radius 3 is 2.11 bits per heavy atom. The van der Waals surface area contributed by atoms with E-state index in [9.17, 15) is 56.9 Å². The molecule has 1 unspecified atom stereocenters. The van der Waals surface area contributed by atoms with E-state index in [1.807, 2.05) is 52.0 Å². The second-order valence-electron chi connectivity index (χ2n) is 22.4. The number of aromatic hydroxyl groups is 2. The number of nitrogens with one attached hydrogen (secondary N) is 4. The summed E-state index contributed by atoms with van der Waals surface area (Å²) in [6, 6.07) is 20.1. The van der Waals surface area contributed by atoms with Gasteiger partial charge in [0.05, 0.1) is 34.6 Å². The number of aryl methyl sites for hydroxylation is 2. The molecule has 0 saturated carbocycles. The monoisotopic (exact) mass is 1220 g/mol. The summed E-state index contributed by atoms with van der Waals surface area (Å²) in [5.41, 5.74) is 13.1. The molecule has 10 rings (SSSR count). The number of carbonyl (C=O) groups is 4. The van der Waals surface area contributed by atoms with E-state index in [2.05, 4.69) is 10.2 Å². The quantitative estimate of drug-likeness (QED) is 0.0245. The van der Waals surface area contributed by atoms with Crippen LogP contribution in [0.25, 0.3) is 22.3 Å². The van der Waals surface area contributed by atoms with E-state index in [4.69, 9.17) is 31.0 Å². The molecular formula is C65H77F4N9O10. The summed E-state index contributed by atoms with van der Waals surface area (Å²) in [6.07, 6.45) is -1.73. The number of pyridine rings is 2. The number of primary amides is 1. The third-order valence-electron chi connectivity index (χ3n) is 15.9. The number of likely N-dealkylation sites (tertiary alicyclic amines) is 1. The largest absolute Gasteiger partial charge is 0.508 e. The molecular weight excluding hydrogens is 1140 g/mol. The predicted molar refractivity (Wildman–Crippen MR) is 326 cm³/mol. The molecule has 0 bridgehead atoms. The Balaban J connectivity index is 0.000000277. The molecule has 23 heteroatoms. The number of amidine groups is 2. The highest BCUT2D eigenvalue weighted by molar-refractivity contribution is 6.48. The van der Waals surface area contributed by atoms with E-state index < -0.39 is 65.7 Å². The minimum atomic E-state index is -4.72. The van der Waals surface area contributed by atoms with Gasteiger partial charge < -0.3 is 45.7 Å². The summed E-state index contributed by atoms with van der Waals surface area (Å²) in [4.78, 5) is 69.0. The average Bonchev–Trinajstić information content (AvgIpc) is 1.52. The lowest BCUT2D eigenvalue weighted by atomic mass is 9.85. The van der Waals surface area contributed by atoms with Gasteiger partial charge >= 0.3 is 18.2 Å². The van der Waals surface area contributed by atoms with E-state index >= 15 is 0 Å². The molecule has 3 aliphatic heterocycles. The van der Waals surface area contributed by atoms with Gasteiger partial charge in [-0.2, -0.15) is 13.2 Å². The third kappa shape index (κ3) is 14.8. The molecule has 6 aromatic rings. The van der Waals surface area contributed by atoms with Crippen LogP contribution in [0, 0.1) is 29.5 Å². The number of alkyl halides is 3. The molecule has 3 amide bonds. The van der Waals surface area contributed by atoms with Gasteiger partial charge in [-0.25, -0.2) is 19.0 Å². The molecule has 88 heavy (non-hydrogen) atoms. The highest BCUT2D eigenvalue weighted by Gasteiger charge is 2.37. The molecule has 1 fully saturated rings. The Kier molecular flexibility index (Phi) is 21.2. The first-order chi connectivity index (χ1) is 41.7. The summed E-state index contributed by atoms with van der Waals surface area (Å²) in [5.74, 6) is -5.18. The van der Waals surface area contributed by atoms with Crippen molar-refractivity contribution in [1.29, 1.82) is 10.8 Å². The number of esters is 1. The van der Waals surface area contributed by atoms with Crippen LogP contribution in [-0.4, -0.2) is 96.7 Å². The molecule has 9 N–H and O–H groups in total. The van der Waals surface area contributed by atoms with Crippen LogP contribution in [0.15, 0.2) is 77.6 Å². The number of amides is 3. The normalized spacial score (nSPS) is 15.1. The maximum absolute atomic E-state index is 14.5. The lowest BCUT2D eigenvalue weighted by molar-refractivity contribution is -0.157. The summed E-state index contributed by atoms with van der Waals surface area (Å²) in [5, 5.41) is 53.9. The lowest BCUT2D eigenvalue weighted by Crippen LogP contribution is -2.48. The number of benzene rings is 4. The number of hydrogen-bond acceptors (Lipinski definition) is 14. The zero-order valence-electron chi connectivity index (χ0n) is 50.9. The number of cyclic esters (lactones) is 1. The van der Waals surface area contributed by atoms with Crippen molar-refractivity contribution in [2.45, 2.75) is 151 Å². The number of aliphatic hydroxyl groups excluding tert-OH is 1. The van der Waals surface area contributed by atoms with Crippen molar-refractivity contribution in [3.8, 4) is 22.9 Å². The van der Waals surface area contributed by atoms with Crippen LogP contribution in [0.5, 0.6) is 11.5 Å². The van der Waals surface area contributed by atoms with E-state index in [1.165, 1.54) is 26.0 Å². The SMILES string of the molecule is CC.CC.CC(C)c1cc(C(=N)N(C(=N)C(=O)NCC(F)(F)F)c2ccc(CC3CCN(Cc4ccc(CNC(=O)OC(C)(C)C(N)=O)cc4)CC3)cc2)c(O)cc1O.Cc1c(F)cc2nc3c(c4c2c1CCC4)Cn1c-3cc2c(c1=O)COC(=O)C2O. The molecule has 2 aromatic heterocycles. The Bertz CT molecular complexity index is 3690. The number of carbonyl (C=O) groups excluding carboxylic acids is 4. The number of anilines is 1. The molecule has 4 aliphatic rings. The topological polar surface area (TPSA) is 287 Å². The van der Waals surface area contributed by atoms with Crippen LogP contribution in [0.2, 0.25) is 0 Å². The maximum atomic E-state index is 14.5. The first kappa shape index (κ1) is 66.8. The minimum absolute atomic E-state index is 0.122. The standard InChI is InChI=1S/C39H48F3N7O6.C22H17FN2O4.2C2H6/c1-23(2)29-18-30(32(51)19-31(29)50)33(43)49(34(44)35(52)47-22-39(40,41)42)28-11-9-24(10-12-28)17-25-13-15-48(16-14-25)21-27-7-5-26(6-8-27)20-46-37(54)55-38(3,4)36(45)53;1-9-10-3-2-4-11-13-7-25-17(19(13)24-16(18(10)11)6-15(9)23)5-12-14(21(25)27)8-29-22(28)20(12)26;2*1-2/h5-12,18-19,23,25,43-44,50-51H,13-17,20-22H2,1-4H3,(H2,45,53)(H,46,54)(H,47,52);5-6,20,26H,2-4,7-8H2,1H3;2*1-2H3. The van der Waals surface area contributed by atoms with Crippen molar-refractivity contribution in [2.24, 2.45) is 11.7 Å². The van der Waals surface area contributed by atoms with Crippen molar-refractivity contribution in [2.75, 3.05) is 24.5 Å². The van der Waals surface area contributed by atoms with Gasteiger partial charge in [0.15, 0.2) is 17.5 Å². The Morgan fingerprint density at radius 2 is 1.49 bits per heavy atom. The fourth-order valence-corrected chi connectivity index (χ4v) is 11.1. The summed E-state index contributed by atoms with van der Waals surface area (Å²) in [6.45, 7) is 17.5. The first-order valence-corrected chi connectivity index (χ1v) is 29.5. The molecule has 4 aromatic carbocycles. The van der Waals surface area contributed by atoms with Crippen LogP contribution < -0.4 is 26.8 Å². The van der Waals surface area contributed by atoms with Crippen LogP contribution in [-0.2, 0) is 69.4 Å². The number of piperidine rings is 1. The second-order valence-corrected chi connectivity index (χ2v) is 22.4. The van der Waals surface area contributed by atoms with Gasteiger partial charge in [-0.1, -0.05) is 77.9 Å². The molecule has 0 spiro atoms. The molecule has 1 saturated heterocycles. The van der Waals surface area contributed by atoms with Crippen molar-refractivity contribution >= 4 is 52.1 Å². The van der Waals surface area contributed by atoms with Crippen molar-refractivity contribution in [3.63, 3.8) is 0 Å². The number of aliphatic hydroxyl groups is 1. The highest BCUT2D eigenvalue weighted by atomic mass is 19.4. The lowest BCUT2D eigenvalue weighted by Gasteiger charge is -2.32. The number of aromatic nitrogens is 2. The number of nitrogens with two attached hydrogens (primary N) is 1. The number of fused-ring (bicyclic) bond motifs is 5. The van der Waals surface area contributed by atoms with Crippen molar-refractivity contribution in [1.82, 2.24) is 25.1 Å². The number of alkyl carbamates (subject to hydrolysis) is 1. The third-order valence-corrected chi connectivity index (χ3v) is 15.9. The number of rotatable bonds is 12. The first-order valence-electron chi connectivity index (χ1n) is 29.5. The molecule has 5 heterocycles. The van der Waals surface area contributed by atoms with Gasteiger partial charge in [0.2, 0.25) is 0 Å². The van der Waals surface area contributed by atoms with Crippen molar-refractivity contribution < 1.29 is 61.5 Å². The summed E-state index contributed by atoms with van der Waals surface area (Å²) < 4.78 is 64.8. The van der Waals surface area contributed by atoms with Gasteiger partial charge in [-0.15, -0.1) is 0 Å². The second kappa shape index (κ2) is 28.0. The molecule has 470 valence electrons. The highest BCUT2D eigenvalue weighted by Crippen LogP contribution is 2.42. The van der Waals surface area contributed by atoms with Gasteiger partial charge in [-0.3, -0.25) is 35.0 Å².